The third-order valence-corrected chi connectivity index (χ3v) is 3.20. The molecule has 0 radical (unpaired) electrons. The molecule has 0 atom stereocenters. The number of nitrogens with zero attached hydrogens (tertiary/aromatic N) is 5. The molecule has 19 heavy (non-hydrogen) atoms. The van der Waals surface area contributed by atoms with E-state index >= 15 is 0 Å². The van der Waals surface area contributed by atoms with Crippen LogP contribution < -0.4 is 0 Å². The lowest BCUT2D eigenvalue weighted by atomic mass is 10.3. The maximum atomic E-state index is 11.6. The van der Waals surface area contributed by atoms with Crippen LogP contribution >= 0.6 is 0 Å². The van der Waals surface area contributed by atoms with E-state index in [4.69, 9.17) is 0 Å². The molecule has 7 nitrogen and oxygen atoms in total. The number of hydroxylamine groups is 2. The van der Waals surface area contributed by atoms with Crippen molar-refractivity contribution in [2.24, 2.45) is 0 Å². The minimum Gasteiger partial charge on any atom is -0.756 e. The van der Waals surface area contributed by atoms with Crippen LogP contribution in [-0.2, 0) is 11.3 Å². The summed E-state index contributed by atoms with van der Waals surface area (Å²) in [7, 11) is 0. The van der Waals surface area contributed by atoms with Crippen LogP contribution in [-0.4, -0.2) is 37.0 Å². The van der Waals surface area contributed by atoms with Gasteiger partial charge in [0, 0.05) is 25.2 Å². The second-order valence-electron chi connectivity index (χ2n) is 4.73. The number of aryl methyl sites for hydroxylation is 1. The summed E-state index contributed by atoms with van der Waals surface area (Å²) in [6, 6.07) is 1.77. The number of aromatic nitrogens is 4. The van der Waals surface area contributed by atoms with Gasteiger partial charge in [0.15, 0.2) is 0 Å². The molecule has 1 aliphatic rings. The van der Waals surface area contributed by atoms with Crippen LogP contribution in [0.3, 0.4) is 0 Å². The lowest BCUT2D eigenvalue weighted by molar-refractivity contribution is -0.129. The third kappa shape index (κ3) is 2.55. The number of hydrogen-bond donors (Lipinski definition) is 0. The van der Waals surface area contributed by atoms with Gasteiger partial charge in [0.1, 0.15) is 5.52 Å². The first-order valence-corrected chi connectivity index (χ1v) is 6.38. The maximum absolute atomic E-state index is 11.6. The van der Waals surface area contributed by atoms with E-state index in [2.05, 4.69) is 15.3 Å². The molecule has 0 N–H and O–H groups in total. The van der Waals surface area contributed by atoms with Gasteiger partial charge in [-0.1, -0.05) is 5.21 Å². The minimum absolute atomic E-state index is 0.0641. The smallest absolute Gasteiger partial charge is 0.212 e. The summed E-state index contributed by atoms with van der Waals surface area (Å²) in [4.78, 5) is 15.5. The van der Waals surface area contributed by atoms with Crippen molar-refractivity contribution >= 4 is 16.9 Å². The van der Waals surface area contributed by atoms with Crippen molar-refractivity contribution < 1.29 is 4.79 Å². The topological polar surface area (TPSA) is 87.0 Å². The fourth-order valence-electron chi connectivity index (χ4n) is 1.99. The zero-order valence-electron chi connectivity index (χ0n) is 10.4. The van der Waals surface area contributed by atoms with Crippen LogP contribution in [0.15, 0.2) is 18.5 Å². The molecule has 2 aromatic heterocycles. The summed E-state index contributed by atoms with van der Waals surface area (Å²) < 4.78 is 1.73. The first-order valence-electron chi connectivity index (χ1n) is 6.38. The summed E-state index contributed by atoms with van der Waals surface area (Å²) in [6.07, 6.45) is 5.86. The Hall–Kier alpha value is -2.02. The SMILES string of the molecule is O=C(CCCn1nnc2cnccc21)N([O-])C1CC1. The van der Waals surface area contributed by atoms with Gasteiger partial charge in [-0.2, -0.15) is 0 Å². The van der Waals surface area contributed by atoms with Gasteiger partial charge in [-0.15, -0.1) is 5.10 Å². The van der Waals surface area contributed by atoms with Gasteiger partial charge in [0.25, 0.3) is 0 Å². The molecule has 0 spiro atoms. The van der Waals surface area contributed by atoms with E-state index < -0.39 is 0 Å². The van der Waals surface area contributed by atoms with E-state index in [0.29, 0.717) is 18.0 Å². The van der Waals surface area contributed by atoms with Gasteiger partial charge in [-0.25, -0.2) is 4.68 Å². The Balaban J connectivity index is 1.56. The molecule has 3 rings (SSSR count). The summed E-state index contributed by atoms with van der Waals surface area (Å²) in [5.41, 5.74) is 1.63. The van der Waals surface area contributed by atoms with Gasteiger partial charge < -0.3 is 10.3 Å². The number of amides is 1. The largest absolute Gasteiger partial charge is 0.756 e. The molecule has 0 aliphatic heterocycles. The monoisotopic (exact) mass is 260 g/mol. The molecule has 1 saturated carbocycles. The number of carbonyl (C=O) groups excluding carboxylic acids is 1. The zero-order chi connectivity index (χ0) is 13.2. The summed E-state index contributed by atoms with van der Waals surface area (Å²) >= 11 is 0. The number of hydrogen-bond acceptors (Lipinski definition) is 5. The fraction of sp³-hybridized carbons (Fsp3) is 0.500. The van der Waals surface area contributed by atoms with Crippen molar-refractivity contribution in [1.29, 1.82) is 0 Å². The van der Waals surface area contributed by atoms with Crippen molar-refractivity contribution in [3.05, 3.63) is 23.7 Å². The molecule has 100 valence electrons. The van der Waals surface area contributed by atoms with Crippen molar-refractivity contribution in [3.63, 3.8) is 0 Å². The lowest BCUT2D eigenvalue weighted by Gasteiger charge is -2.27. The number of rotatable bonds is 5. The van der Waals surface area contributed by atoms with E-state index in [1.807, 2.05) is 6.07 Å². The van der Waals surface area contributed by atoms with Crippen molar-refractivity contribution in [3.8, 4) is 0 Å². The molecule has 0 bridgehead atoms. The Labute approximate surface area is 109 Å². The molecule has 7 heteroatoms. The maximum Gasteiger partial charge on any atom is 0.212 e. The molecule has 2 heterocycles. The van der Waals surface area contributed by atoms with Gasteiger partial charge in [-0.05, 0) is 25.3 Å². The van der Waals surface area contributed by atoms with Crippen LogP contribution in [0, 0.1) is 5.21 Å². The van der Waals surface area contributed by atoms with Gasteiger partial charge in [-0.3, -0.25) is 9.78 Å². The van der Waals surface area contributed by atoms with E-state index in [1.54, 1.807) is 17.1 Å². The Morgan fingerprint density at radius 1 is 1.53 bits per heavy atom. The Kier molecular flexibility index (Phi) is 3.12. The van der Waals surface area contributed by atoms with Crippen molar-refractivity contribution in [2.75, 3.05) is 0 Å². The number of pyridine rings is 1. The highest BCUT2D eigenvalue weighted by Crippen LogP contribution is 2.26. The Bertz CT molecular complexity index is 593. The standard InChI is InChI=1S/C12H14N5O2/c18-12(17(19)9-3-4-9)2-1-7-16-11-5-6-13-8-10(11)14-15-16/h5-6,8-9H,1-4,7H2/q-1. The zero-order valence-corrected chi connectivity index (χ0v) is 10.4. The van der Waals surface area contributed by atoms with Crippen molar-refractivity contribution in [2.45, 2.75) is 38.3 Å². The van der Waals surface area contributed by atoms with E-state index in [9.17, 15) is 10.0 Å². The average Bonchev–Trinajstić information content (AvgIpc) is 3.20. The normalized spacial score (nSPS) is 14.8. The number of carbonyl (C=O) groups is 1. The summed E-state index contributed by atoms with van der Waals surface area (Å²) in [6.45, 7) is 0.574. The highest BCUT2D eigenvalue weighted by molar-refractivity contribution is 5.77. The molecule has 2 aromatic rings. The first kappa shape index (κ1) is 12.0. The van der Waals surface area contributed by atoms with Gasteiger partial charge in [0.2, 0.25) is 5.91 Å². The van der Waals surface area contributed by atoms with Crippen LogP contribution in [0.2, 0.25) is 0 Å². The molecular weight excluding hydrogens is 246 g/mol. The lowest BCUT2D eigenvalue weighted by Crippen LogP contribution is -2.26. The molecular formula is C12H14N5O2-. The predicted molar refractivity (Wildman–Crippen MR) is 67.8 cm³/mol. The van der Waals surface area contributed by atoms with Crippen LogP contribution in [0.4, 0.5) is 0 Å². The van der Waals surface area contributed by atoms with Crippen LogP contribution in [0.1, 0.15) is 25.7 Å². The molecule has 0 aromatic carbocycles. The van der Waals surface area contributed by atoms with Crippen LogP contribution in [0.5, 0.6) is 0 Å². The highest BCUT2D eigenvalue weighted by Gasteiger charge is 2.25. The molecule has 1 fully saturated rings. The minimum atomic E-state index is -0.325. The Morgan fingerprint density at radius 3 is 3.16 bits per heavy atom. The molecule has 0 saturated heterocycles. The van der Waals surface area contributed by atoms with E-state index in [0.717, 1.165) is 23.9 Å². The first-order chi connectivity index (χ1) is 9.25. The fourth-order valence-corrected chi connectivity index (χ4v) is 1.99. The third-order valence-electron chi connectivity index (χ3n) is 3.20. The predicted octanol–water partition coefficient (Wildman–Crippen LogP) is 1.10. The second-order valence-corrected chi connectivity index (χ2v) is 4.73. The van der Waals surface area contributed by atoms with Crippen molar-refractivity contribution in [1.82, 2.24) is 25.0 Å². The summed E-state index contributed by atoms with van der Waals surface area (Å²) in [5.74, 6) is -0.325. The molecule has 0 unspecified atom stereocenters. The van der Waals surface area contributed by atoms with Crippen LogP contribution in [0.25, 0.3) is 11.0 Å². The summed E-state index contributed by atoms with van der Waals surface area (Å²) in [5, 5.41) is 20.1. The molecule has 1 aliphatic carbocycles. The van der Waals surface area contributed by atoms with E-state index in [-0.39, 0.29) is 18.4 Å². The molecule has 1 amide bonds. The van der Waals surface area contributed by atoms with E-state index in [1.165, 1.54) is 0 Å². The highest BCUT2D eigenvalue weighted by atomic mass is 16.5. The average molecular weight is 260 g/mol. The number of fused-ring (bicyclic) bond motifs is 1. The van der Waals surface area contributed by atoms with Gasteiger partial charge >= 0.3 is 0 Å². The Morgan fingerprint density at radius 2 is 2.37 bits per heavy atom. The van der Waals surface area contributed by atoms with Gasteiger partial charge in [0.05, 0.1) is 11.7 Å². The second kappa shape index (κ2) is 4.93. The quantitative estimate of drug-likeness (QED) is 0.751.